The van der Waals surface area contributed by atoms with Crippen molar-refractivity contribution in [3.63, 3.8) is 0 Å². The fraction of sp³-hybridized carbons (Fsp3) is 0.385. The molecule has 102 valence electrons. The summed E-state index contributed by atoms with van der Waals surface area (Å²) < 4.78 is 5.40. The van der Waals surface area contributed by atoms with Gasteiger partial charge in [-0.1, -0.05) is 6.07 Å². The molecule has 0 aliphatic carbocycles. The van der Waals surface area contributed by atoms with Crippen LogP contribution in [0, 0.1) is 6.92 Å². The van der Waals surface area contributed by atoms with Crippen LogP contribution in [-0.2, 0) is 11.2 Å². The van der Waals surface area contributed by atoms with E-state index in [1.807, 2.05) is 18.2 Å². The lowest BCUT2D eigenvalue weighted by molar-refractivity contribution is -0.126. The van der Waals surface area contributed by atoms with E-state index >= 15 is 0 Å². The van der Waals surface area contributed by atoms with Crippen LogP contribution >= 0.6 is 0 Å². The third-order valence-corrected chi connectivity index (χ3v) is 2.69. The van der Waals surface area contributed by atoms with Gasteiger partial charge < -0.3 is 10.2 Å². The van der Waals surface area contributed by atoms with Crippen LogP contribution in [0.2, 0.25) is 0 Å². The van der Waals surface area contributed by atoms with Crippen molar-refractivity contribution in [2.24, 2.45) is 5.73 Å². The molecule has 19 heavy (non-hydrogen) atoms. The second-order valence-corrected chi connectivity index (χ2v) is 4.72. The summed E-state index contributed by atoms with van der Waals surface area (Å²) >= 11 is 0. The number of benzene rings is 1. The molecule has 0 radical (unpaired) electrons. The van der Waals surface area contributed by atoms with E-state index in [1.54, 1.807) is 26.0 Å². The average molecular weight is 262 g/mol. The van der Waals surface area contributed by atoms with Crippen LogP contribution in [0.1, 0.15) is 11.5 Å². The summed E-state index contributed by atoms with van der Waals surface area (Å²) in [5, 5.41) is 1.58. The van der Waals surface area contributed by atoms with Crippen molar-refractivity contribution in [3.8, 4) is 0 Å². The Kier molecular flexibility index (Phi) is 3.82. The van der Waals surface area contributed by atoms with Crippen molar-refractivity contribution in [2.75, 3.05) is 14.1 Å². The molecule has 0 saturated heterocycles. The first-order chi connectivity index (χ1) is 8.95. The summed E-state index contributed by atoms with van der Waals surface area (Å²) in [6.07, 6.45) is 0.460. The molecule has 1 aromatic heterocycles. The lowest BCUT2D eigenvalue weighted by Gasteiger charge is -2.16. The van der Waals surface area contributed by atoms with Gasteiger partial charge in [-0.05, 0) is 24.1 Å². The molecule has 6 nitrogen and oxygen atoms in total. The molecular formula is C13H18N4O2. The molecule has 0 spiro atoms. The topological polar surface area (TPSA) is 84.4 Å². The Labute approximate surface area is 111 Å². The van der Waals surface area contributed by atoms with E-state index in [9.17, 15) is 4.79 Å². The van der Waals surface area contributed by atoms with Crippen molar-refractivity contribution in [1.82, 2.24) is 15.4 Å². The minimum Gasteiger partial charge on any atom is -0.441 e. The summed E-state index contributed by atoms with van der Waals surface area (Å²) in [5.41, 5.74) is 11.0. The van der Waals surface area contributed by atoms with Crippen molar-refractivity contribution < 1.29 is 9.21 Å². The number of nitrogens with two attached hydrogens (primary N) is 1. The number of carbonyl (C=O) groups excluding carboxylic acids is 1. The van der Waals surface area contributed by atoms with Crippen molar-refractivity contribution >= 4 is 17.0 Å². The number of amides is 1. The number of hydrazine groups is 1. The number of nitrogens with one attached hydrogen (secondary N) is 1. The standard InChI is InChI=1S/C13H18N4O2/c1-8-15-11-7-9(4-5-12(11)19-8)6-10(14)13(18)16-17(2)3/h4-5,7,10H,6,14H2,1-3H3,(H,16,18). The first kappa shape index (κ1) is 13.5. The van der Waals surface area contributed by atoms with E-state index in [-0.39, 0.29) is 5.91 Å². The zero-order chi connectivity index (χ0) is 14.0. The van der Waals surface area contributed by atoms with E-state index in [4.69, 9.17) is 10.2 Å². The number of aryl methyl sites for hydroxylation is 1. The maximum Gasteiger partial charge on any atom is 0.251 e. The molecule has 2 aromatic rings. The summed E-state index contributed by atoms with van der Waals surface area (Å²) in [7, 11) is 3.49. The predicted octanol–water partition coefficient (Wildman–Crippen LogP) is 0.599. The molecule has 1 aromatic carbocycles. The average Bonchev–Trinajstić information content (AvgIpc) is 2.67. The highest BCUT2D eigenvalue weighted by Crippen LogP contribution is 2.17. The van der Waals surface area contributed by atoms with Crippen LogP contribution in [0.3, 0.4) is 0 Å². The fourth-order valence-electron chi connectivity index (χ4n) is 1.87. The molecule has 2 rings (SSSR count). The molecule has 1 unspecified atom stereocenters. The number of hydrogen-bond donors (Lipinski definition) is 2. The summed E-state index contributed by atoms with van der Waals surface area (Å²) in [6.45, 7) is 1.80. The summed E-state index contributed by atoms with van der Waals surface area (Å²) in [6, 6.07) is 5.05. The predicted molar refractivity (Wildman–Crippen MR) is 72.3 cm³/mol. The van der Waals surface area contributed by atoms with Gasteiger partial charge in [0, 0.05) is 21.0 Å². The van der Waals surface area contributed by atoms with Gasteiger partial charge in [0.25, 0.3) is 5.91 Å². The molecule has 6 heteroatoms. The van der Waals surface area contributed by atoms with Gasteiger partial charge in [0.05, 0.1) is 6.04 Å². The Hall–Kier alpha value is -1.92. The van der Waals surface area contributed by atoms with E-state index in [0.29, 0.717) is 12.3 Å². The van der Waals surface area contributed by atoms with E-state index in [1.165, 1.54) is 0 Å². The Morgan fingerprint density at radius 3 is 2.95 bits per heavy atom. The first-order valence-electron chi connectivity index (χ1n) is 6.05. The molecule has 1 amide bonds. The Balaban J connectivity index is 2.10. The van der Waals surface area contributed by atoms with Crippen molar-refractivity contribution in [3.05, 3.63) is 29.7 Å². The largest absolute Gasteiger partial charge is 0.441 e. The number of oxazole rings is 1. The van der Waals surface area contributed by atoms with Crippen LogP contribution in [0.15, 0.2) is 22.6 Å². The highest BCUT2D eigenvalue weighted by atomic mass is 16.3. The minimum absolute atomic E-state index is 0.207. The van der Waals surface area contributed by atoms with E-state index in [0.717, 1.165) is 16.7 Å². The first-order valence-corrected chi connectivity index (χ1v) is 6.05. The lowest BCUT2D eigenvalue weighted by atomic mass is 10.1. The van der Waals surface area contributed by atoms with Crippen molar-refractivity contribution in [1.29, 1.82) is 0 Å². The monoisotopic (exact) mass is 262 g/mol. The second kappa shape index (κ2) is 5.38. The Bertz CT molecular complexity index is 591. The Morgan fingerprint density at radius 1 is 1.53 bits per heavy atom. The number of nitrogens with zero attached hydrogens (tertiary/aromatic N) is 2. The smallest absolute Gasteiger partial charge is 0.251 e. The molecule has 0 aliphatic rings. The maximum atomic E-state index is 11.7. The number of hydrogen-bond acceptors (Lipinski definition) is 5. The van der Waals surface area contributed by atoms with Crippen LogP contribution in [0.5, 0.6) is 0 Å². The quantitative estimate of drug-likeness (QED) is 0.788. The molecule has 0 aliphatic heterocycles. The fourth-order valence-corrected chi connectivity index (χ4v) is 1.87. The van der Waals surface area contributed by atoms with E-state index in [2.05, 4.69) is 10.4 Å². The molecule has 0 fully saturated rings. The van der Waals surface area contributed by atoms with Crippen LogP contribution < -0.4 is 11.2 Å². The highest BCUT2D eigenvalue weighted by molar-refractivity contribution is 5.81. The van der Waals surface area contributed by atoms with Crippen LogP contribution in [0.4, 0.5) is 0 Å². The number of aromatic nitrogens is 1. The molecule has 1 atom stereocenters. The van der Waals surface area contributed by atoms with Gasteiger partial charge in [0.15, 0.2) is 11.5 Å². The zero-order valence-electron chi connectivity index (χ0n) is 11.3. The number of fused-ring (bicyclic) bond motifs is 1. The van der Waals surface area contributed by atoms with Gasteiger partial charge in [0.1, 0.15) is 5.52 Å². The zero-order valence-corrected chi connectivity index (χ0v) is 11.3. The summed E-state index contributed by atoms with van der Waals surface area (Å²) in [5.74, 6) is 0.420. The summed E-state index contributed by atoms with van der Waals surface area (Å²) in [4.78, 5) is 16.0. The molecular weight excluding hydrogens is 244 g/mol. The Morgan fingerprint density at radius 2 is 2.26 bits per heavy atom. The lowest BCUT2D eigenvalue weighted by Crippen LogP contribution is -2.47. The van der Waals surface area contributed by atoms with Gasteiger partial charge in [0.2, 0.25) is 0 Å². The van der Waals surface area contributed by atoms with Gasteiger partial charge >= 0.3 is 0 Å². The van der Waals surface area contributed by atoms with Crippen LogP contribution in [-0.4, -0.2) is 36.0 Å². The van der Waals surface area contributed by atoms with E-state index < -0.39 is 6.04 Å². The van der Waals surface area contributed by atoms with Gasteiger partial charge in [-0.25, -0.2) is 9.99 Å². The maximum absolute atomic E-state index is 11.7. The minimum atomic E-state index is -0.590. The highest BCUT2D eigenvalue weighted by Gasteiger charge is 2.15. The third-order valence-electron chi connectivity index (χ3n) is 2.69. The molecule has 3 N–H and O–H groups in total. The third kappa shape index (κ3) is 3.30. The van der Waals surface area contributed by atoms with Gasteiger partial charge in [-0.2, -0.15) is 0 Å². The second-order valence-electron chi connectivity index (χ2n) is 4.72. The normalized spacial score (nSPS) is 12.9. The molecule has 1 heterocycles. The van der Waals surface area contributed by atoms with Gasteiger partial charge in [-0.15, -0.1) is 0 Å². The van der Waals surface area contributed by atoms with Gasteiger partial charge in [-0.3, -0.25) is 10.2 Å². The molecule has 0 saturated carbocycles. The van der Waals surface area contributed by atoms with Crippen LogP contribution in [0.25, 0.3) is 11.1 Å². The number of carbonyl (C=O) groups is 1. The number of rotatable bonds is 4. The molecule has 0 bridgehead atoms. The SMILES string of the molecule is Cc1nc2cc(CC(N)C(=O)NN(C)C)ccc2o1. The van der Waals surface area contributed by atoms with Crippen molar-refractivity contribution in [2.45, 2.75) is 19.4 Å².